The van der Waals surface area contributed by atoms with E-state index < -0.39 is 0 Å². The number of methoxy groups -OCH3 is 2. The van der Waals surface area contributed by atoms with Crippen molar-refractivity contribution in [1.29, 1.82) is 0 Å². The van der Waals surface area contributed by atoms with Gasteiger partial charge in [-0.05, 0) is 18.2 Å². The van der Waals surface area contributed by atoms with E-state index in [2.05, 4.69) is 27.2 Å². The summed E-state index contributed by atoms with van der Waals surface area (Å²) >= 11 is 0. The standard InChI is InChI=1S/C15H18N4O2/c1-4-8-16-15-17-9-7-14(19-15)18-12-6-5-11(20-2)10-13(12)21-3/h4-7,9-10H,1,8H2,2-3H3,(H2,16,17,18,19). The van der Waals surface area contributed by atoms with Crippen molar-refractivity contribution in [3.8, 4) is 11.5 Å². The Morgan fingerprint density at radius 2 is 2.10 bits per heavy atom. The minimum absolute atomic E-state index is 0.535. The molecule has 2 aromatic rings. The molecule has 6 nitrogen and oxygen atoms in total. The quantitative estimate of drug-likeness (QED) is 0.763. The Bertz CT molecular complexity index is 616. The summed E-state index contributed by atoms with van der Waals surface area (Å²) in [6.07, 6.45) is 3.42. The van der Waals surface area contributed by atoms with Gasteiger partial charge in [0, 0.05) is 18.8 Å². The second-order valence-corrected chi connectivity index (χ2v) is 4.13. The van der Waals surface area contributed by atoms with E-state index in [0.717, 1.165) is 11.4 Å². The van der Waals surface area contributed by atoms with E-state index >= 15 is 0 Å². The first-order valence-electron chi connectivity index (χ1n) is 6.43. The fourth-order valence-corrected chi connectivity index (χ4v) is 1.72. The van der Waals surface area contributed by atoms with Crippen molar-refractivity contribution >= 4 is 17.5 Å². The molecule has 0 aliphatic carbocycles. The molecule has 0 unspecified atom stereocenters. The smallest absolute Gasteiger partial charge is 0.224 e. The van der Waals surface area contributed by atoms with Gasteiger partial charge in [-0.3, -0.25) is 0 Å². The molecule has 6 heteroatoms. The molecule has 0 aliphatic heterocycles. The zero-order chi connectivity index (χ0) is 15.1. The van der Waals surface area contributed by atoms with E-state index in [1.165, 1.54) is 0 Å². The Kier molecular flexibility index (Phi) is 4.98. The highest BCUT2D eigenvalue weighted by atomic mass is 16.5. The van der Waals surface area contributed by atoms with Crippen LogP contribution in [0.1, 0.15) is 0 Å². The number of benzene rings is 1. The van der Waals surface area contributed by atoms with Crippen LogP contribution in [0.5, 0.6) is 11.5 Å². The number of nitrogens with one attached hydrogen (secondary N) is 2. The first kappa shape index (κ1) is 14.6. The summed E-state index contributed by atoms with van der Waals surface area (Å²) in [4.78, 5) is 8.48. The van der Waals surface area contributed by atoms with E-state index in [1.807, 2.05) is 12.1 Å². The average molecular weight is 286 g/mol. The molecule has 0 saturated heterocycles. The predicted octanol–water partition coefficient (Wildman–Crippen LogP) is 2.84. The van der Waals surface area contributed by atoms with Gasteiger partial charge in [-0.1, -0.05) is 6.08 Å². The van der Waals surface area contributed by atoms with Gasteiger partial charge in [0.2, 0.25) is 5.95 Å². The van der Waals surface area contributed by atoms with Crippen LogP contribution in [0.25, 0.3) is 0 Å². The van der Waals surface area contributed by atoms with Crippen LogP contribution in [0.2, 0.25) is 0 Å². The molecular formula is C15H18N4O2. The van der Waals surface area contributed by atoms with Crippen LogP contribution >= 0.6 is 0 Å². The number of anilines is 3. The van der Waals surface area contributed by atoms with E-state index in [1.54, 1.807) is 38.6 Å². The molecule has 0 radical (unpaired) electrons. The molecule has 0 amide bonds. The number of aromatic nitrogens is 2. The normalized spacial score (nSPS) is 9.81. The maximum Gasteiger partial charge on any atom is 0.224 e. The van der Waals surface area contributed by atoms with Gasteiger partial charge in [0.25, 0.3) is 0 Å². The minimum atomic E-state index is 0.535. The summed E-state index contributed by atoms with van der Waals surface area (Å²) in [5.74, 6) is 2.61. The van der Waals surface area contributed by atoms with Crippen LogP contribution in [0.3, 0.4) is 0 Å². The lowest BCUT2D eigenvalue weighted by atomic mass is 10.2. The fraction of sp³-hybridized carbons (Fsp3) is 0.200. The summed E-state index contributed by atoms with van der Waals surface area (Å²) in [6.45, 7) is 4.25. The number of hydrogen-bond donors (Lipinski definition) is 2. The van der Waals surface area contributed by atoms with Crippen molar-refractivity contribution in [1.82, 2.24) is 9.97 Å². The van der Waals surface area contributed by atoms with Crippen LogP contribution in [0.15, 0.2) is 43.1 Å². The zero-order valence-corrected chi connectivity index (χ0v) is 12.1. The number of hydrogen-bond acceptors (Lipinski definition) is 6. The Morgan fingerprint density at radius 1 is 1.24 bits per heavy atom. The predicted molar refractivity (Wildman–Crippen MR) is 83.5 cm³/mol. The molecule has 21 heavy (non-hydrogen) atoms. The summed E-state index contributed by atoms with van der Waals surface area (Å²) in [5, 5.41) is 6.23. The summed E-state index contributed by atoms with van der Waals surface area (Å²) in [5.41, 5.74) is 0.798. The van der Waals surface area contributed by atoms with Gasteiger partial charge in [-0.25, -0.2) is 4.98 Å². The molecule has 2 rings (SSSR count). The lowest BCUT2D eigenvalue weighted by Crippen LogP contribution is -2.04. The molecule has 0 atom stereocenters. The van der Waals surface area contributed by atoms with Crippen LogP contribution in [0, 0.1) is 0 Å². The second-order valence-electron chi connectivity index (χ2n) is 4.13. The largest absolute Gasteiger partial charge is 0.497 e. The molecule has 1 aromatic carbocycles. The van der Waals surface area contributed by atoms with Crippen molar-refractivity contribution in [2.24, 2.45) is 0 Å². The molecule has 0 aliphatic rings. The highest BCUT2D eigenvalue weighted by Gasteiger charge is 2.06. The fourth-order valence-electron chi connectivity index (χ4n) is 1.72. The SMILES string of the molecule is C=CCNc1nccc(Nc2ccc(OC)cc2OC)n1. The molecule has 1 aromatic heterocycles. The highest BCUT2D eigenvalue weighted by Crippen LogP contribution is 2.30. The Balaban J connectivity index is 2.19. The van der Waals surface area contributed by atoms with Crippen molar-refractivity contribution < 1.29 is 9.47 Å². The number of nitrogens with zero attached hydrogens (tertiary/aromatic N) is 2. The Hall–Kier alpha value is -2.76. The van der Waals surface area contributed by atoms with E-state index in [0.29, 0.717) is 24.1 Å². The van der Waals surface area contributed by atoms with Gasteiger partial charge >= 0.3 is 0 Å². The summed E-state index contributed by atoms with van der Waals surface area (Å²) in [6, 6.07) is 7.31. The lowest BCUT2D eigenvalue weighted by molar-refractivity contribution is 0.395. The summed E-state index contributed by atoms with van der Waals surface area (Å²) in [7, 11) is 3.22. The van der Waals surface area contributed by atoms with Crippen molar-refractivity contribution in [3.05, 3.63) is 43.1 Å². The maximum absolute atomic E-state index is 5.34. The first-order chi connectivity index (χ1) is 10.3. The topological polar surface area (TPSA) is 68.3 Å². The molecule has 2 N–H and O–H groups in total. The number of rotatable bonds is 7. The maximum atomic E-state index is 5.34. The van der Waals surface area contributed by atoms with E-state index in [-0.39, 0.29) is 0 Å². The average Bonchev–Trinajstić information content (AvgIpc) is 2.53. The van der Waals surface area contributed by atoms with Crippen LogP contribution in [-0.2, 0) is 0 Å². The second kappa shape index (κ2) is 7.14. The van der Waals surface area contributed by atoms with Gasteiger partial charge in [-0.2, -0.15) is 4.98 Å². The van der Waals surface area contributed by atoms with E-state index in [4.69, 9.17) is 9.47 Å². The summed E-state index contributed by atoms with van der Waals surface area (Å²) < 4.78 is 10.5. The third-order valence-electron chi connectivity index (χ3n) is 2.73. The zero-order valence-electron chi connectivity index (χ0n) is 12.1. The van der Waals surface area contributed by atoms with Crippen molar-refractivity contribution in [2.45, 2.75) is 0 Å². The van der Waals surface area contributed by atoms with Gasteiger partial charge in [0.05, 0.1) is 19.9 Å². The molecule has 1 heterocycles. The third-order valence-corrected chi connectivity index (χ3v) is 2.73. The lowest BCUT2D eigenvalue weighted by Gasteiger charge is -2.12. The molecular weight excluding hydrogens is 268 g/mol. The highest BCUT2D eigenvalue weighted by molar-refractivity contribution is 5.66. The van der Waals surface area contributed by atoms with Crippen LogP contribution < -0.4 is 20.1 Å². The minimum Gasteiger partial charge on any atom is -0.497 e. The van der Waals surface area contributed by atoms with Gasteiger partial charge in [0.15, 0.2) is 0 Å². The van der Waals surface area contributed by atoms with Crippen molar-refractivity contribution in [3.63, 3.8) is 0 Å². The first-order valence-corrected chi connectivity index (χ1v) is 6.43. The molecule has 110 valence electrons. The monoisotopic (exact) mass is 286 g/mol. The number of ether oxygens (including phenoxy) is 2. The molecule has 0 saturated carbocycles. The Morgan fingerprint density at radius 3 is 2.81 bits per heavy atom. The van der Waals surface area contributed by atoms with Crippen LogP contribution in [0.4, 0.5) is 17.5 Å². The molecule has 0 fully saturated rings. The van der Waals surface area contributed by atoms with Gasteiger partial charge in [-0.15, -0.1) is 6.58 Å². The van der Waals surface area contributed by atoms with E-state index in [9.17, 15) is 0 Å². The van der Waals surface area contributed by atoms with Gasteiger partial charge in [0.1, 0.15) is 17.3 Å². The third kappa shape index (κ3) is 3.85. The van der Waals surface area contributed by atoms with Crippen LogP contribution in [-0.4, -0.2) is 30.7 Å². The van der Waals surface area contributed by atoms with Crippen molar-refractivity contribution in [2.75, 3.05) is 31.4 Å². The Labute approximate surface area is 123 Å². The molecule has 0 bridgehead atoms. The van der Waals surface area contributed by atoms with Gasteiger partial charge < -0.3 is 20.1 Å². The molecule has 0 spiro atoms.